The molecule has 0 atom stereocenters. The molecule has 2 nitrogen and oxygen atoms in total. The van der Waals surface area contributed by atoms with Crippen LogP contribution >= 0.6 is 15.9 Å². The summed E-state index contributed by atoms with van der Waals surface area (Å²) >= 11 is 3.46. The number of hydrogen-bond donors (Lipinski definition) is 0. The molecule has 0 unspecified atom stereocenters. The zero-order valence-electron chi connectivity index (χ0n) is 8.58. The average Bonchev–Trinajstić information content (AvgIpc) is 2.27. The zero-order valence-corrected chi connectivity index (χ0v) is 10.2. The molecule has 3 heteroatoms. The van der Waals surface area contributed by atoms with E-state index in [1.165, 1.54) is 0 Å². The smallest absolute Gasteiger partial charge is 0.175 e. The second-order valence-corrected chi connectivity index (χ2v) is 4.00. The number of methoxy groups -OCH3 is 2. The van der Waals surface area contributed by atoms with Crippen LogP contribution in [0.4, 0.5) is 0 Å². The van der Waals surface area contributed by atoms with Gasteiger partial charge in [0.1, 0.15) is 0 Å². The van der Waals surface area contributed by atoms with Crippen molar-refractivity contribution in [2.24, 2.45) is 0 Å². The van der Waals surface area contributed by atoms with E-state index in [0.717, 1.165) is 26.7 Å². The van der Waals surface area contributed by atoms with E-state index in [0.29, 0.717) is 0 Å². The maximum atomic E-state index is 5.38. The number of halogens is 1. The van der Waals surface area contributed by atoms with Crippen LogP contribution in [0.3, 0.4) is 0 Å². The summed E-state index contributed by atoms with van der Waals surface area (Å²) < 4.78 is 11.6. The summed E-state index contributed by atoms with van der Waals surface area (Å²) in [6.45, 7) is 0. The molecule has 2 rings (SSSR count). The van der Waals surface area contributed by atoms with Crippen LogP contribution in [0.2, 0.25) is 0 Å². The highest BCUT2D eigenvalue weighted by atomic mass is 79.9. The minimum Gasteiger partial charge on any atom is -0.492 e. The van der Waals surface area contributed by atoms with Crippen LogP contribution in [0.25, 0.3) is 10.8 Å². The van der Waals surface area contributed by atoms with Crippen molar-refractivity contribution < 1.29 is 9.47 Å². The summed E-state index contributed by atoms with van der Waals surface area (Å²) in [6, 6.07) is 10.1. The fourth-order valence-corrected chi connectivity index (χ4v) is 2.24. The zero-order chi connectivity index (χ0) is 10.8. The molecule has 2 aromatic carbocycles. The molecule has 0 aromatic heterocycles. The van der Waals surface area contributed by atoms with Crippen LogP contribution in [-0.2, 0) is 0 Å². The first-order chi connectivity index (χ1) is 7.27. The Bertz CT molecular complexity index is 494. The molecule has 0 saturated carbocycles. The van der Waals surface area contributed by atoms with Gasteiger partial charge in [-0.25, -0.2) is 0 Å². The van der Waals surface area contributed by atoms with Crippen molar-refractivity contribution in [1.82, 2.24) is 0 Å². The summed E-state index contributed by atoms with van der Waals surface area (Å²) in [6.07, 6.45) is 0. The lowest BCUT2D eigenvalue weighted by molar-refractivity contribution is 0.357. The van der Waals surface area contributed by atoms with Crippen LogP contribution in [-0.4, -0.2) is 14.2 Å². The summed E-state index contributed by atoms with van der Waals surface area (Å²) in [7, 11) is 3.29. The van der Waals surface area contributed by atoms with E-state index in [4.69, 9.17) is 9.47 Å². The molecule has 0 aliphatic rings. The average molecular weight is 267 g/mol. The van der Waals surface area contributed by atoms with E-state index < -0.39 is 0 Å². The van der Waals surface area contributed by atoms with Crippen molar-refractivity contribution in [3.63, 3.8) is 0 Å². The third-order valence-corrected chi connectivity index (χ3v) is 2.91. The lowest BCUT2D eigenvalue weighted by Crippen LogP contribution is -1.92. The molecule has 0 amide bonds. The highest BCUT2D eigenvalue weighted by molar-refractivity contribution is 9.10. The summed E-state index contributed by atoms with van der Waals surface area (Å²) in [4.78, 5) is 0. The second-order valence-electron chi connectivity index (χ2n) is 3.15. The maximum absolute atomic E-state index is 5.38. The SMILES string of the molecule is COc1c(Br)cc2ccccc2c1OC. The van der Waals surface area contributed by atoms with E-state index in [9.17, 15) is 0 Å². The minimum atomic E-state index is 0.733. The predicted octanol–water partition coefficient (Wildman–Crippen LogP) is 3.62. The number of hydrogen-bond acceptors (Lipinski definition) is 2. The van der Waals surface area contributed by atoms with Crippen molar-refractivity contribution in [2.75, 3.05) is 14.2 Å². The van der Waals surface area contributed by atoms with Crippen molar-refractivity contribution in [2.45, 2.75) is 0 Å². The lowest BCUT2D eigenvalue weighted by atomic mass is 10.1. The monoisotopic (exact) mass is 266 g/mol. The largest absolute Gasteiger partial charge is 0.492 e. The van der Waals surface area contributed by atoms with Crippen LogP contribution in [0.15, 0.2) is 34.8 Å². The van der Waals surface area contributed by atoms with E-state index in [2.05, 4.69) is 15.9 Å². The maximum Gasteiger partial charge on any atom is 0.175 e. The highest BCUT2D eigenvalue weighted by Gasteiger charge is 2.12. The number of fused-ring (bicyclic) bond motifs is 1. The standard InChI is InChI=1S/C12H11BrO2/c1-14-11-9-6-4-3-5-8(9)7-10(13)12(11)15-2/h3-7H,1-2H3. The number of ether oxygens (including phenoxy) is 2. The van der Waals surface area contributed by atoms with Gasteiger partial charge in [0.25, 0.3) is 0 Å². The van der Waals surface area contributed by atoms with E-state index in [1.807, 2.05) is 30.3 Å². The Morgan fingerprint density at radius 2 is 1.67 bits per heavy atom. The molecule has 78 valence electrons. The third kappa shape index (κ3) is 1.67. The second kappa shape index (κ2) is 4.11. The van der Waals surface area contributed by atoms with Gasteiger partial charge in [0, 0.05) is 5.39 Å². The van der Waals surface area contributed by atoms with Gasteiger partial charge in [-0.3, -0.25) is 0 Å². The third-order valence-electron chi connectivity index (χ3n) is 2.32. The molecule has 0 aliphatic carbocycles. The molecule has 15 heavy (non-hydrogen) atoms. The Kier molecular flexibility index (Phi) is 2.82. The lowest BCUT2D eigenvalue weighted by Gasteiger charge is -2.12. The molecule has 0 saturated heterocycles. The van der Waals surface area contributed by atoms with Gasteiger partial charge < -0.3 is 9.47 Å². The first-order valence-electron chi connectivity index (χ1n) is 4.57. The van der Waals surface area contributed by atoms with Crippen molar-refractivity contribution in [1.29, 1.82) is 0 Å². The Morgan fingerprint density at radius 3 is 2.33 bits per heavy atom. The quantitative estimate of drug-likeness (QED) is 0.827. The van der Waals surface area contributed by atoms with E-state index in [-0.39, 0.29) is 0 Å². The Hall–Kier alpha value is -1.22. The first-order valence-corrected chi connectivity index (χ1v) is 5.36. The van der Waals surface area contributed by atoms with Gasteiger partial charge in [0.2, 0.25) is 0 Å². The van der Waals surface area contributed by atoms with E-state index >= 15 is 0 Å². The van der Waals surface area contributed by atoms with Gasteiger partial charge in [0.05, 0.1) is 18.7 Å². The van der Waals surface area contributed by atoms with Crippen LogP contribution in [0, 0.1) is 0 Å². The van der Waals surface area contributed by atoms with Crippen LogP contribution in [0.5, 0.6) is 11.5 Å². The molecule has 0 fully saturated rings. The van der Waals surface area contributed by atoms with Gasteiger partial charge in [-0.15, -0.1) is 0 Å². The van der Waals surface area contributed by atoms with Gasteiger partial charge in [-0.05, 0) is 27.4 Å². The van der Waals surface area contributed by atoms with E-state index in [1.54, 1.807) is 14.2 Å². The van der Waals surface area contributed by atoms with Crippen molar-refractivity contribution in [3.8, 4) is 11.5 Å². The molecule has 0 bridgehead atoms. The normalized spacial score (nSPS) is 10.3. The Balaban J connectivity index is 2.84. The van der Waals surface area contributed by atoms with Crippen molar-refractivity contribution in [3.05, 3.63) is 34.8 Å². The van der Waals surface area contributed by atoms with Gasteiger partial charge in [0.15, 0.2) is 11.5 Å². The Labute approximate surface area is 96.9 Å². The molecular weight excluding hydrogens is 256 g/mol. The van der Waals surface area contributed by atoms with Crippen LogP contribution < -0.4 is 9.47 Å². The number of benzene rings is 2. The summed E-state index contributed by atoms with van der Waals surface area (Å²) in [5.74, 6) is 1.50. The van der Waals surface area contributed by atoms with Crippen LogP contribution in [0.1, 0.15) is 0 Å². The van der Waals surface area contributed by atoms with Gasteiger partial charge >= 0.3 is 0 Å². The predicted molar refractivity (Wildman–Crippen MR) is 64.8 cm³/mol. The van der Waals surface area contributed by atoms with Crippen molar-refractivity contribution >= 4 is 26.7 Å². The molecule has 0 aliphatic heterocycles. The first kappa shape index (κ1) is 10.3. The minimum absolute atomic E-state index is 0.733. The molecule has 0 heterocycles. The summed E-state index contributed by atoms with van der Waals surface area (Å²) in [5.41, 5.74) is 0. The molecular formula is C12H11BrO2. The van der Waals surface area contributed by atoms with Gasteiger partial charge in [-0.1, -0.05) is 24.3 Å². The molecule has 0 radical (unpaired) electrons. The molecule has 0 N–H and O–H groups in total. The fraction of sp³-hybridized carbons (Fsp3) is 0.167. The Morgan fingerprint density at radius 1 is 1.00 bits per heavy atom. The highest BCUT2D eigenvalue weighted by Crippen LogP contribution is 2.41. The van der Waals surface area contributed by atoms with Gasteiger partial charge in [-0.2, -0.15) is 0 Å². The molecule has 2 aromatic rings. The molecule has 0 spiro atoms. The fourth-order valence-electron chi connectivity index (χ4n) is 1.66. The number of rotatable bonds is 2. The topological polar surface area (TPSA) is 18.5 Å². The summed E-state index contributed by atoms with van der Waals surface area (Å²) in [5, 5.41) is 2.18.